The lowest BCUT2D eigenvalue weighted by Gasteiger charge is -2.09. The molecule has 1 atom stereocenters. The fourth-order valence-corrected chi connectivity index (χ4v) is 2.98. The fraction of sp³-hybridized carbons (Fsp3) is 0.250. The van der Waals surface area contributed by atoms with Crippen LogP contribution < -0.4 is 0 Å². The minimum Gasteiger partial charge on any atom is -0.388 e. The Morgan fingerprint density at radius 1 is 1.11 bits per heavy atom. The van der Waals surface area contributed by atoms with E-state index >= 15 is 0 Å². The highest BCUT2D eigenvalue weighted by atomic mass is 35.5. The van der Waals surface area contributed by atoms with Crippen molar-refractivity contribution in [3.63, 3.8) is 0 Å². The second kappa shape index (κ2) is 6.99. The van der Waals surface area contributed by atoms with Crippen molar-refractivity contribution in [1.29, 1.82) is 0 Å². The highest BCUT2D eigenvalue weighted by Gasteiger charge is 2.05. The molecule has 3 heteroatoms. The Hall–Kier alpha value is -0.960. The van der Waals surface area contributed by atoms with Gasteiger partial charge in [0, 0.05) is 15.7 Å². The summed E-state index contributed by atoms with van der Waals surface area (Å²) in [6, 6.07) is 16.0. The lowest BCUT2D eigenvalue weighted by atomic mass is 10.1. The number of thioether (sulfide) groups is 1. The average Bonchev–Trinajstić information content (AvgIpc) is 2.46. The Labute approximate surface area is 123 Å². The minimum absolute atomic E-state index is 0.359. The predicted octanol–water partition coefficient (Wildman–Crippen LogP) is 5.08. The third-order valence-corrected chi connectivity index (χ3v) is 4.43. The molecule has 2 rings (SSSR count). The van der Waals surface area contributed by atoms with Crippen LogP contribution in [0.1, 0.15) is 30.6 Å². The maximum absolute atomic E-state index is 9.74. The van der Waals surface area contributed by atoms with Gasteiger partial charge in [-0.25, -0.2) is 0 Å². The van der Waals surface area contributed by atoms with Crippen LogP contribution in [0, 0.1) is 0 Å². The van der Waals surface area contributed by atoms with Gasteiger partial charge in [0.25, 0.3) is 0 Å². The number of aliphatic hydroxyl groups is 1. The van der Waals surface area contributed by atoms with Crippen molar-refractivity contribution in [3.8, 4) is 0 Å². The van der Waals surface area contributed by atoms with Crippen molar-refractivity contribution in [2.45, 2.75) is 30.1 Å². The second-order valence-electron chi connectivity index (χ2n) is 4.37. The largest absolute Gasteiger partial charge is 0.388 e. The first-order chi connectivity index (χ1) is 9.20. The first kappa shape index (κ1) is 14.4. The summed E-state index contributed by atoms with van der Waals surface area (Å²) in [5.74, 6) is 0.856. The standard InChI is InChI=1S/C16H17ClOS/c1-2-16(18)12-7-9-14(10-8-12)19-11-13-5-3-4-6-15(13)17/h3-10,16,18H,2,11H2,1H3. The van der Waals surface area contributed by atoms with E-state index < -0.39 is 0 Å². The molecule has 0 aromatic heterocycles. The quantitative estimate of drug-likeness (QED) is 0.776. The van der Waals surface area contributed by atoms with E-state index in [4.69, 9.17) is 11.6 Å². The molecule has 0 aliphatic heterocycles. The molecule has 19 heavy (non-hydrogen) atoms. The summed E-state index contributed by atoms with van der Waals surface area (Å²) in [4.78, 5) is 1.19. The monoisotopic (exact) mass is 292 g/mol. The summed E-state index contributed by atoms with van der Waals surface area (Å²) in [6.07, 6.45) is 0.383. The average molecular weight is 293 g/mol. The van der Waals surface area contributed by atoms with E-state index in [1.54, 1.807) is 11.8 Å². The molecule has 0 amide bonds. The molecule has 0 saturated carbocycles. The van der Waals surface area contributed by atoms with Crippen LogP contribution in [0.4, 0.5) is 0 Å². The van der Waals surface area contributed by atoms with Gasteiger partial charge in [0.2, 0.25) is 0 Å². The van der Waals surface area contributed by atoms with Gasteiger partial charge in [-0.2, -0.15) is 0 Å². The van der Waals surface area contributed by atoms with Crippen molar-refractivity contribution in [3.05, 3.63) is 64.7 Å². The van der Waals surface area contributed by atoms with Crippen LogP contribution in [0.5, 0.6) is 0 Å². The topological polar surface area (TPSA) is 20.2 Å². The maximum atomic E-state index is 9.74. The van der Waals surface area contributed by atoms with Crippen LogP contribution >= 0.6 is 23.4 Å². The molecule has 100 valence electrons. The summed E-state index contributed by atoms with van der Waals surface area (Å²) in [5, 5.41) is 10.6. The minimum atomic E-state index is -0.359. The Balaban J connectivity index is 1.99. The number of rotatable bonds is 5. The molecule has 1 N–H and O–H groups in total. The van der Waals surface area contributed by atoms with Gasteiger partial charge in [0.15, 0.2) is 0 Å². The van der Waals surface area contributed by atoms with E-state index in [-0.39, 0.29) is 6.10 Å². The molecule has 0 bridgehead atoms. The van der Waals surface area contributed by atoms with Gasteiger partial charge >= 0.3 is 0 Å². The summed E-state index contributed by atoms with van der Waals surface area (Å²) in [5.41, 5.74) is 2.12. The second-order valence-corrected chi connectivity index (χ2v) is 5.83. The lowest BCUT2D eigenvalue weighted by molar-refractivity contribution is 0.173. The van der Waals surface area contributed by atoms with E-state index in [0.29, 0.717) is 0 Å². The Bertz CT molecular complexity index is 525. The Morgan fingerprint density at radius 2 is 1.79 bits per heavy atom. The number of benzene rings is 2. The molecule has 0 aliphatic carbocycles. The van der Waals surface area contributed by atoms with Crippen LogP contribution in [-0.4, -0.2) is 5.11 Å². The Morgan fingerprint density at radius 3 is 2.42 bits per heavy atom. The van der Waals surface area contributed by atoms with Crippen LogP contribution in [0.25, 0.3) is 0 Å². The Kier molecular flexibility index (Phi) is 5.32. The predicted molar refractivity (Wildman–Crippen MR) is 82.7 cm³/mol. The third-order valence-electron chi connectivity index (χ3n) is 3.00. The molecule has 0 saturated heterocycles. The van der Waals surface area contributed by atoms with Crippen molar-refractivity contribution in [2.24, 2.45) is 0 Å². The third kappa shape index (κ3) is 4.00. The van der Waals surface area contributed by atoms with Crippen LogP contribution in [0.2, 0.25) is 5.02 Å². The molecule has 1 unspecified atom stereocenters. The SMILES string of the molecule is CCC(O)c1ccc(SCc2ccccc2Cl)cc1. The summed E-state index contributed by atoms with van der Waals surface area (Å²) in [6.45, 7) is 1.98. The number of aliphatic hydroxyl groups excluding tert-OH is 1. The lowest BCUT2D eigenvalue weighted by Crippen LogP contribution is -1.94. The van der Waals surface area contributed by atoms with Crippen molar-refractivity contribution in [2.75, 3.05) is 0 Å². The zero-order valence-electron chi connectivity index (χ0n) is 10.8. The summed E-state index contributed by atoms with van der Waals surface area (Å²) < 4.78 is 0. The van der Waals surface area contributed by atoms with E-state index in [9.17, 15) is 5.11 Å². The molecule has 2 aromatic carbocycles. The molecule has 0 spiro atoms. The number of hydrogen-bond donors (Lipinski definition) is 1. The molecule has 1 nitrogen and oxygen atoms in total. The molecule has 0 fully saturated rings. The van der Waals surface area contributed by atoms with Crippen LogP contribution in [0.3, 0.4) is 0 Å². The van der Waals surface area contributed by atoms with Crippen molar-refractivity contribution in [1.82, 2.24) is 0 Å². The highest BCUT2D eigenvalue weighted by molar-refractivity contribution is 7.98. The van der Waals surface area contributed by atoms with Gasteiger partial charge in [-0.3, -0.25) is 0 Å². The molecular formula is C16H17ClOS. The summed E-state index contributed by atoms with van der Waals surface area (Å²) >= 11 is 7.88. The van der Waals surface area contributed by atoms with Gasteiger partial charge in [-0.05, 0) is 35.7 Å². The van der Waals surface area contributed by atoms with E-state index in [2.05, 4.69) is 12.1 Å². The molecule has 0 aliphatic rings. The zero-order valence-corrected chi connectivity index (χ0v) is 12.4. The number of hydrogen-bond acceptors (Lipinski definition) is 2. The molecule has 0 heterocycles. The maximum Gasteiger partial charge on any atom is 0.0787 e. The van der Waals surface area contributed by atoms with Crippen molar-refractivity contribution >= 4 is 23.4 Å². The highest BCUT2D eigenvalue weighted by Crippen LogP contribution is 2.27. The van der Waals surface area contributed by atoms with Gasteiger partial charge in [0.05, 0.1) is 6.10 Å². The smallest absolute Gasteiger partial charge is 0.0787 e. The van der Waals surface area contributed by atoms with E-state index in [1.165, 1.54) is 4.90 Å². The first-order valence-electron chi connectivity index (χ1n) is 6.35. The van der Waals surface area contributed by atoms with Gasteiger partial charge in [-0.1, -0.05) is 48.9 Å². The van der Waals surface area contributed by atoms with Gasteiger partial charge in [-0.15, -0.1) is 11.8 Å². The normalized spacial score (nSPS) is 12.4. The molecule has 0 radical (unpaired) electrons. The number of halogens is 1. The van der Waals surface area contributed by atoms with Crippen molar-refractivity contribution < 1.29 is 5.11 Å². The fourth-order valence-electron chi connectivity index (χ4n) is 1.80. The van der Waals surface area contributed by atoms with E-state index in [0.717, 1.165) is 28.3 Å². The first-order valence-corrected chi connectivity index (χ1v) is 7.71. The zero-order chi connectivity index (χ0) is 13.7. The van der Waals surface area contributed by atoms with Gasteiger partial charge < -0.3 is 5.11 Å². The van der Waals surface area contributed by atoms with Crippen LogP contribution in [0.15, 0.2) is 53.4 Å². The van der Waals surface area contributed by atoms with Crippen LogP contribution in [-0.2, 0) is 5.75 Å². The van der Waals surface area contributed by atoms with E-state index in [1.807, 2.05) is 43.3 Å². The summed E-state index contributed by atoms with van der Waals surface area (Å²) in [7, 11) is 0. The molecular weight excluding hydrogens is 276 g/mol. The molecule has 2 aromatic rings. The van der Waals surface area contributed by atoms with Gasteiger partial charge in [0.1, 0.15) is 0 Å².